The molecule has 0 radical (unpaired) electrons. The van der Waals surface area contributed by atoms with Gasteiger partial charge in [-0.3, -0.25) is 14.9 Å². The van der Waals surface area contributed by atoms with Crippen molar-refractivity contribution in [2.45, 2.75) is 13.7 Å². The van der Waals surface area contributed by atoms with E-state index in [2.05, 4.69) is 10.4 Å². The van der Waals surface area contributed by atoms with Crippen LogP contribution in [-0.2, 0) is 6.73 Å². The van der Waals surface area contributed by atoms with E-state index in [0.29, 0.717) is 11.8 Å². The molecule has 1 heterocycles. The zero-order valence-electron chi connectivity index (χ0n) is 18.3. The van der Waals surface area contributed by atoms with Crippen LogP contribution in [0.15, 0.2) is 72.9 Å². The van der Waals surface area contributed by atoms with Crippen LogP contribution >= 0.6 is 0 Å². The molecule has 0 atom stereocenters. The minimum atomic E-state index is -0.871. The predicted octanol–water partition coefficient (Wildman–Crippen LogP) is 5.46. The van der Waals surface area contributed by atoms with E-state index in [-0.39, 0.29) is 35.3 Å². The van der Waals surface area contributed by atoms with Gasteiger partial charge in [0.05, 0.1) is 16.7 Å². The standard InChI is InChI=1S/C24H18F2N4O5/c1-15-2-5-19(6-3-15)35-20-12-17(11-18(13-20)30(32)33)27-24(31)22-8-9-29(28-22)14-34-23-7-4-16(25)10-21(23)26/h2-13H,14H2,1H3,(H,27,31). The fourth-order valence-corrected chi connectivity index (χ4v) is 3.04. The number of amides is 1. The maximum Gasteiger partial charge on any atom is 0.276 e. The van der Waals surface area contributed by atoms with Crippen LogP contribution in [0.25, 0.3) is 0 Å². The molecule has 0 unspecified atom stereocenters. The van der Waals surface area contributed by atoms with E-state index in [9.17, 15) is 23.7 Å². The monoisotopic (exact) mass is 480 g/mol. The van der Waals surface area contributed by atoms with Gasteiger partial charge in [-0.15, -0.1) is 0 Å². The topological polar surface area (TPSA) is 109 Å². The van der Waals surface area contributed by atoms with Gasteiger partial charge in [-0.25, -0.2) is 13.5 Å². The van der Waals surface area contributed by atoms with E-state index in [1.165, 1.54) is 35.1 Å². The van der Waals surface area contributed by atoms with Gasteiger partial charge >= 0.3 is 0 Å². The van der Waals surface area contributed by atoms with Gasteiger partial charge in [0.1, 0.15) is 17.3 Å². The van der Waals surface area contributed by atoms with E-state index in [0.717, 1.165) is 17.7 Å². The second-order valence-electron chi connectivity index (χ2n) is 7.43. The van der Waals surface area contributed by atoms with Crippen molar-refractivity contribution in [3.63, 3.8) is 0 Å². The molecule has 35 heavy (non-hydrogen) atoms. The van der Waals surface area contributed by atoms with E-state index in [4.69, 9.17) is 9.47 Å². The van der Waals surface area contributed by atoms with Crippen LogP contribution in [0.5, 0.6) is 17.2 Å². The molecule has 4 rings (SSSR count). The second-order valence-corrected chi connectivity index (χ2v) is 7.43. The summed E-state index contributed by atoms with van der Waals surface area (Å²) in [5.41, 5.74) is 0.869. The first-order valence-corrected chi connectivity index (χ1v) is 10.2. The third-order valence-electron chi connectivity index (χ3n) is 4.74. The molecule has 1 N–H and O–H groups in total. The Labute approximate surface area is 197 Å². The molecule has 0 aliphatic heterocycles. The maximum atomic E-state index is 13.7. The van der Waals surface area contributed by atoms with Crippen molar-refractivity contribution in [2.75, 3.05) is 5.32 Å². The number of nitrogens with one attached hydrogen (secondary N) is 1. The number of nitro benzene ring substituents is 1. The molecule has 3 aromatic carbocycles. The number of hydrogen-bond acceptors (Lipinski definition) is 6. The number of carbonyl (C=O) groups is 1. The summed E-state index contributed by atoms with van der Waals surface area (Å²) in [5.74, 6) is -1.78. The SMILES string of the molecule is Cc1ccc(Oc2cc(NC(=O)c3ccn(COc4ccc(F)cc4F)n3)cc([N+](=O)[O-])c2)cc1. The van der Waals surface area contributed by atoms with Crippen molar-refractivity contribution in [1.29, 1.82) is 0 Å². The third kappa shape index (κ3) is 5.96. The summed E-state index contributed by atoms with van der Waals surface area (Å²) in [6, 6.07) is 15.3. The van der Waals surface area contributed by atoms with Crippen molar-refractivity contribution in [1.82, 2.24) is 9.78 Å². The fourth-order valence-electron chi connectivity index (χ4n) is 3.04. The fraction of sp³-hybridized carbons (Fsp3) is 0.0833. The number of aromatic nitrogens is 2. The average molecular weight is 480 g/mol. The van der Waals surface area contributed by atoms with Crippen molar-refractivity contribution >= 4 is 17.3 Å². The molecule has 0 aliphatic carbocycles. The highest BCUT2D eigenvalue weighted by Gasteiger charge is 2.16. The number of benzene rings is 3. The normalized spacial score (nSPS) is 10.6. The third-order valence-corrected chi connectivity index (χ3v) is 4.74. The zero-order valence-corrected chi connectivity index (χ0v) is 18.3. The van der Waals surface area contributed by atoms with Gasteiger partial charge in [-0.2, -0.15) is 5.10 Å². The summed E-state index contributed by atoms with van der Waals surface area (Å²) in [6.45, 7) is 1.68. The number of aryl methyl sites for hydroxylation is 1. The summed E-state index contributed by atoms with van der Waals surface area (Å²) in [4.78, 5) is 23.4. The van der Waals surface area contributed by atoms with Crippen LogP contribution in [-0.4, -0.2) is 20.6 Å². The summed E-state index contributed by atoms with van der Waals surface area (Å²) < 4.78 is 38.9. The van der Waals surface area contributed by atoms with Crippen LogP contribution in [0, 0.1) is 28.7 Å². The lowest BCUT2D eigenvalue weighted by atomic mass is 10.2. The van der Waals surface area contributed by atoms with E-state index in [1.54, 1.807) is 12.1 Å². The van der Waals surface area contributed by atoms with Crippen molar-refractivity contribution in [3.05, 3.63) is 106 Å². The van der Waals surface area contributed by atoms with Gasteiger partial charge in [0, 0.05) is 24.4 Å². The van der Waals surface area contributed by atoms with Gasteiger partial charge in [0.15, 0.2) is 24.0 Å². The van der Waals surface area contributed by atoms with Crippen LogP contribution in [0.3, 0.4) is 0 Å². The number of nitro groups is 1. The highest BCUT2D eigenvalue weighted by atomic mass is 19.1. The molecular weight excluding hydrogens is 462 g/mol. The summed E-state index contributed by atoms with van der Waals surface area (Å²) in [7, 11) is 0. The first-order valence-electron chi connectivity index (χ1n) is 10.2. The summed E-state index contributed by atoms with van der Waals surface area (Å²) in [5, 5.41) is 17.9. The Kier molecular flexibility index (Phi) is 6.67. The molecule has 0 spiro atoms. The summed E-state index contributed by atoms with van der Waals surface area (Å²) in [6.07, 6.45) is 1.43. The maximum absolute atomic E-state index is 13.7. The Morgan fingerprint density at radius 1 is 1.06 bits per heavy atom. The first kappa shape index (κ1) is 23.4. The number of anilines is 1. The van der Waals surface area contributed by atoms with Crippen LogP contribution in [0.2, 0.25) is 0 Å². The second kappa shape index (κ2) is 10.00. The molecule has 0 saturated carbocycles. The van der Waals surface area contributed by atoms with Crippen LogP contribution in [0.4, 0.5) is 20.2 Å². The molecule has 0 fully saturated rings. The van der Waals surface area contributed by atoms with E-state index >= 15 is 0 Å². The highest BCUT2D eigenvalue weighted by molar-refractivity contribution is 6.03. The van der Waals surface area contributed by atoms with Gasteiger partial charge in [-0.05, 0) is 37.3 Å². The largest absolute Gasteiger partial charge is 0.468 e. The molecule has 9 nitrogen and oxygen atoms in total. The number of carbonyl (C=O) groups excluding carboxylic acids is 1. The average Bonchev–Trinajstić information content (AvgIpc) is 3.29. The Morgan fingerprint density at radius 3 is 2.54 bits per heavy atom. The number of nitrogens with zero attached hydrogens (tertiary/aromatic N) is 3. The van der Waals surface area contributed by atoms with E-state index < -0.39 is 22.5 Å². The summed E-state index contributed by atoms with van der Waals surface area (Å²) >= 11 is 0. The smallest absolute Gasteiger partial charge is 0.276 e. The number of ether oxygens (including phenoxy) is 2. The number of non-ortho nitro benzene ring substituents is 1. The Hall–Kier alpha value is -4.80. The Bertz CT molecular complexity index is 1390. The zero-order chi connectivity index (χ0) is 24.9. The van der Waals surface area contributed by atoms with Gasteiger partial charge in [0.2, 0.25) is 0 Å². The predicted molar refractivity (Wildman–Crippen MR) is 122 cm³/mol. The van der Waals surface area contributed by atoms with Crippen molar-refractivity contribution < 1.29 is 28.0 Å². The van der Waals surface area contributed by atoms with Gasteiger partial charge in [0.25, 0.3) is 11.6 Å². The molecule has 0 saturated heterocycles. The molecular formula is C24H18F2N4O5. The lowest BCUT2D eigenvalue weighted by Crippen LogP contribution is -2.14. The number of hydrogen-bond donors (Lipinski definition) is 1. The van der Waals surface area contributed by atoms with Crippen LogP contribution in [0.1, 0.15) is 16.1 Å². The minimum absolute atomic E-state index is 0.0133. The van der Waals surface area contributed by atoms with Crippen LogP contribution < -0.4 is 14.8 Å². The lowest BCUT2D eigenvalue weighted by Gasteiger charge is -2.09. The Balaban J connectivity index is 1.46. The molecule has 0 bridgehead atoms. The molecule has 11 heteroatoms. The first-order chi connectivity index (χ1) is 16.8. The number of rotatable bonds is 8. The van der Waals surface area contributed by atoms with E-state index in [1.807, 2.05) is 19.1 Å². The van der Waals surface area contributed by atoms with Gasteiger partial charge < -0.3 is 14.8 Å². The van der Waals surface area contributed by atoms with Crippen molar-refractivity contribution in [3.8, 4) is 17.2 Å². The lowest BCUT2D eigenvalue weighted by molar-refractivity contribution is -0.384. The molecule has 4 aromatic rings. The molecule has 1 aromatic heterocycles. The quantitative estimate of drug-likeness (QED) is 0.265. The van der Waals surface area contributed by atoms with Crippen molar-refractivity contribution in [2.24, 2.45) is 0 Å². The highest BCUT2D eigenvalue weighted by Crippen LogP contribution is 2.30. The molecule has 0 aliphatic rings. The van der Waals surface area contributed by atoms with Gasteiger partial charge in [-0.1, -0.05) is 17.7 Å². The minimum Gasteiger partial charge on any atom is -0.468 e. The Morgan fingerprint density at radius 2 is 1.83 bits per heavy atom. The molecule has 1 amide bonds. The molecule has 178 valence electrons. The number of halogens is 2.